The fraction of sp³-hybridized carbons (Fsp3) is 0.615. The molecule has 19 heavy (non-hydrogen) atoms. The number of carbonyl (C=O) groups excluding carboxylic acids is 1. The summed E-state index contributed by atoms with van der Waals surface area (Å²) in [5.41, 5.74) is 0.609. The largest absolute Gasteiger partial charge is 0.481 e. The van der Waals surface area contributed by atoms with Crippen molar-refractivity contribution in [1.29, 1.82) is 0 Å². The monoisotopic (exact) mass is 266 g/mol. The van der Waals surface area contributed by atoms with E-state index in [4.69, 9.17) is 9.52 Å². The van der Waals surface area contributed by atoms with Crippen LogP contribution in [0.15, 0.2) is 10.8 Å². The van der Waals surface area contributed by atoms with Gasteiger partial charge in [0.2, 0.25) is 5.76 Å². The quantitative estimate of drug-likeness (QED) is 0.896. The molecule has 1 aliphatic rings. The van der Waals surface area contributed by atoms with Crippen LogP contribution in [0.4, 0.5) is 0 Å². The number of nitrogens with zero attached hydrogens (tertiary/aromatic N) is 2. The van der Waals surface area contributed by atoms with Crippen molar-refractivity contribution in [3.8, 4) is 0 Å². The zero-order chi connectivity index (χ0) is 13.8. The molecule has 6 nitrogen and oxygen atoms in total. The van der Waals surface area contributed by atoms with Crippen molar-refractivity contribution in [2.24, 2.45) is 5.92 Å². The fourth-order valence-electron chi connectivity index (χ4n) is 2.40. The summed E-state index contributed by atoms with van der Waals surface area (Å²) in [5, 5.41) is 8.66. The van der Waals surface area contributed by atoms with Crippen molar-refractivity contribution in [1.82, 2.24) is 9.88 Å². The van der Waals surface area contributed by atoms with Gasteiger partial charge in [0.15, 0.2) is 6.39 Å². The number of carboxylic acid groups (broad SMARTS) is 1. The van der Waals surface area contributed by atoms with E-state index in [9.17, 15) is 9.59 Å². The van der Waals surface area contributed by atoms with Crippen molar-refractivity contribution >= 4 is 11.9 Å². The molecule has 1 saturated heterocycles. The van der Waals surface area contributed by atoms with Crippen molar-refractivity contribution in [2.45, 2.75) is 32.6 Å². The highest BCUT2D eigenvalue weighted by molar-refractivity contribution is 5.92. The maximum atomic E-state index is 12.2. The first-order valence-corrected chi connectivity index (χ1v) is 6.49. The molecule has 1 aliphatic heterocycles. The highest BCUT2D eigenvalue weighted by atomic mass is 16.4. The Kier molecular flexibility index (Phi) is 4.19. The van der Waals surface area contributed by atoms with Gasteiger partial charge in [-0.2, -0.15) is 0 Å². The molecular weight excluding hydrogens is 248 g/mol. The predicted molar refractivity (Wildman–Crippen MR) is 66.7 cm³/mol. The second kappa shape index (κ2) is 5.86. The molecule has 0 unspecified atom stereocenters. The van der Waals surface area contributed by atoms with E-state index in [0.717, 1.165) is 12.8 Å². The Morgan fingerprint density at radius 1 is 1.47 bits per heavy atom. The lowest BCUT2D eigenvalue weighted by atomic mass is 9.92. The third-order valence-electron chi connectivity index (χ3n) is 3.61. The number of aromatic nitrogens is 1. The van der Waals surface area contributed by atoms with Gasteiger partial charge in [-0.15, -0.1) is 0 Å². The average molecular weight is 266 g/mol. The summed E-state index contributed by atoms with van der Waals surface area (Å²) in [5.74, 6) is -0.164. The normalized spacial score (nSPS) is 16.6. The maximum Gasteiger partial charge on any atom is 0.303 e. The molecule has 2 rings (SSSR count). The number of carbonyl (C=O) groups is 2. The number of carboxylic acids is 1. The number of piperidine rings is 1. The van der Waals surface area contributed by atoms with Crippen LogP contribution >= 0.6 is 0 Å². The minimum atomic E-state index is -0.754. The minimum Gasteiger partial charge on any atom is -0.481 e. The number of likely N-dealkylation sites (tertiary alicyclic amines) is 1. The van der Waals surface area contributed by atoms with Gasteiger partial charge in [-0.05, 0) is 32.1 Å². The zero-order valence-corrected chi connectivity index (χ0v) is 11.0. The van der Waals surface area contributed by atoms with Crippen LogP contribution in [0.5, 0.6) is 0 Å². The lowest BCUT2D eigenvalue weighted by molar-refractivity contribution is -0.137. The van der Waals surface area contributed by atoms with E-state index in [1.807, 2.05) is 0 Å². The first-order chi connectivity index (χ1) is 9.08. The van der Waals surface area contributed by atoms with Crippen molar-refractivity contribution in [2.75, 3.05) is 13.1 Å². The molecule has 0 radical (unpaired) electrons. The molecule has 6 heteroatoms. The molecule has 1 N–H and O–H groups in total. The molecule has 104 valence electrons. The Morgan fingerprint density at radius 3 is 2.68 bits per heavy atom. The molecule has 1 amide bonds. The molecule has 2 heterocycles. The van der Waals surface area contributed by atoms with Crippen molar-refractivity contribution in [3.63, 3.8) is 0 Å². The van der Waals surface area contributed by atoms with Crippen molar-refractivity contribution < 1.29 is 19.1 Å². The Bertz CT molecular complexity index is 461. The van der Waals surface area contributed by atoms with Crippen LogP contribution in [-0.4, -0.2) is 40.0 Å². The van der Waals surface area contributed by atoms with Crippen LogP contribution in [0.3, 0.4) is 0 Å². The second-order valence-electron chi connectivity index (χ2n) is 4.93. The highest BCUT2D eigenvalue weighted by Gasteiger charge is 2.26. The molecule has 1 aromatic heterocycles. The van der Waals surface area contributed by atoms with Gasteiger partial charge < -0.3 is 14.4 Å². The zero-order valence-electron chi connectivity index (χ0n) is 11.0. The summed E-state index contributed by atoms with van der Waals surface area (Å²) in [6.45, 7) is 3.06. The standard InChI is InChI=1S/C13H18N2O4/c1-9-12(19-8-14-9)13(18)15-6-4-10(5-7-15)2-3-11(16)17/h8,10H,2-7H2,1H3,(H,16,17). The molecule has 0 aromatic carbocycles. The lowest BCUT2D eigenvalue weighted by Crippen LogP contribution is -2.38. The van der Waals surface area contributed by atoms with Crippen LogP contribution in [0.25, 0.3) is 0 Å². The van der Waals surface area contributed by atoms with Gasteiger partial charge in [-0.25, -0.2) is 4.98 Å². The van der Waals surface area contributed by atoms with E-state index < -0.39 is 5.97 Å². The van der Waals surface area contributed by atoms with Crippen molar-refractivity contribution in [3.05, 3.63) is 17.8 Å². The Labute approximate surface area is 111 Å². The predicted octanol–water partition coefficient (Wildman–Crippen LogP) is 1.70. The van der Waals surface area contributed by atoms with Gasteiger partial charge in [-0.1, -0.05) is 0 Å². The smallest absolute Gasteiger partial charge is 0.303 e. The van der Waals surface area contributed by atoms with Crippen LogP contribution < -0.4 is 0 Å². The molecule has 0 spiro atoms. The Balaban J connectivity index is 1.85. The van der Waals surface area contributed by atoms with E-state index in [1.165, 1.54) is 6.39 Å². The van der Waals surface area contributed by atoms with Gasteiger partial charge >= 0.3 is 5.97 Å². The van der Waals surface area contributed by atoms with Gasteiger partial charge in [-0.3, -0.25) is 9.59 Å². The average Bonchev–Trinajstić information content (AvgIpc) is 2.82. The summed E-state index contributed by atoms with van der Waals surface area (Å²) < 4.78 is 5.11. The van der Waals surface area contributed by atoms with Gasteiger partial charge in [0.05, 0.1) is 5.69 Å². The summed E-state index contributed by atoms with van der Waals surface area (Å²) in [4.78, 5) is 28.3. The Morgan fingerprint density at radius 2 is 2.16 bits per heavy atom. The highest BCUT2D eigenvalue weighted by Crippen LogP contribution is 2.23. The van der Waals surface area contributed by atoms with Gasteiger partial charge in [0, 0.05) is 19.5 Å². The fourth-order valence-corrected chi connectivity index (χ4v) is 2.40. The molecular formula is C13H18N2O4. The SMILES string of the molecule is Cc1ncoc1C(=O)N1CCC(CCC(=O)O)CC1. The number of rotatable bonds is 4. The van der Waals surface area contributed by atoms with E-state index in [1.54, 1.807) is 11.8 Å². The molecule has 1 fully saturated rings. The van der Waals surface area contributed by atoms with Crippen LogP contribution in [-0.2, 0) is 4.79 Å². The first kappa shape index (κ1) is 13.6. The molecule has 0 saturated carbocycles. The van der Waals surface area contributed by atoms with Crippen LogP contribution in [0, 0.1) is 12.8 Å². The number of oxazole rings is 1. The number of hydrogen-bond donors (Lipinski definition) is 1. The summed E-state index contributed by atoms with van der Waals surface area (Å²) >= 11 is 0. The number of hydrogen-bond acceptors (Lipinski definition) is 4. The summed E-state index contributed by atoms with van der Waals surface area (Å²) in [6, 6.07) is 0. The summed E-state index contributed by atoms with van der Waals surface area (Å²) in [7, 11) is 0. The molecule has 0 aliphatic carbocycles. The second-order valence-corrected chi connectivity index (χ2v) is 4.93. The van der Waals surface area contributed by atoms with Gasteiger partial charge in [0.25, 0.3) is 5.91 Å². The summed E-state index contributed by atoms with van der Waals surface area (Å²) in [6.07, 6.45) is 3.89. The van der Waals surface area contributed by atoms with Gasteiger partial charge in [0.1, 0.15) is 0 Å². The third kappa shape index (κ3) is 3.33. The number of amides is 1. The van der Waals surface area contributed by atoms with Crippen LogP contribution in [0.1, 0.15) is 41.9 Å². The molecule has 0 atom stereocenters. The molecule has 1 aromatic rings. The van der Waals surface area contributed by atoms with E-state index in [2.05, 4.69) is 4.98 Å². The number of aliphatic carboxylic acids is 1. The maximum absolute atomic E-state index is 12.2. The third-order valence-corrected chi connectivity index (χ3v) is 3.61. The van der Waals surface area contributed by atoms with E-state index in [-0.39, 0.29) is 12.3 Å². The Hall–Kier alpha value is -1.85. The first-order valence-electron chi connectivity index (χ1n) is 6.49. The molecule has 0 bridgehead atoms. The number of aryl methyl sites for hydroxylation is 1. The van der Waals surface area contributed by atoms with E-state index >= 15 is 0 Å². The topological polar surface area (TPSA) is 83.6 Å². The van der Waals surface area contributed by atoms with E-state index in [0.29, 0.717) is 36.9 Å². The minimum absolute atomic E-state index is 0.119. The van der Waals surface area contributed by atoms with Crippen LogP contribution in [0.2, 0.25) is 0 Å². The lowest BCUT2D eigenvalue weighted by Gasteiger charge is -2.31.